The summed E-state index contributed by atoms with van der Waals surface area (Å²) in [6, 6.07) is 11.2. The number of benzene rings is 2. The molecule has 0 N–H and O–H groups in total. The molecule has 6 heteroatoms. The van der Waals surface area contributed by atoms with E-state index in [9.17, 15) is 14.9 Å². The van der Waals surface area contributed by atoms with E-state index in [1.165, 1.54) is 12.1 Å². The Morgan fingerprint density at radius 3 is 2.46 bits per heavy atom. The molecule has 6 nitrogen and oxygen atoms in total. The second-order valence-electron chi connectivity index (χ2n) is 5.93. The Morgan fingerprint density at radius 2 is 1.85 bits per heavy atom. The zero-order chi connectivity index (χ0) is 18.9. The Morgan fingerprint density at radius 1 is 1.12 bits per heavy atom. The van der Waals surface area contributed by atoms with Crippen LogP contribution < -0.4 is 9.47 Å². The first-order valence-electron chi connectivity index (χ1n) is 8.62. The van der Waals surface area contributed by atoms with Crippen LogP contribution >= 0.6 is 0 Å². The summed E-state index contributed by atoms with van der Waals surface area (Å²) in [5.41, 5.74) is 0.995. The molecule has 2 aromatic carbocycles. The lowest BCUT2D eigenvalue weighted by atomic mass is 10.0. The Bertz CT molecular complexity index is 755. The van der Waals surface area contributed by atoms with Crippen LogP contribution in [0.4, 0.5) is 5.69 Å². The molecule has 0 unspecified atom stereocenters. The van der Waals surface area contributed by atoms with Gasteiger partial charge >= 0.3 is 0 Å². The summed E-state index contributed by atoms with van der Waals surface area (Å²) in [5.74, 6) is 1.05. The van der Waals surface area contributed by atoms with E-state index in [1.807, 2.05) is 0 Å². The first-order valence-corrected chi connectivity index (χ1v) is 8.62. The van der Waals surface area contributed by atoms with E-state index in [0.29, 0.717) is 29.2 Å². The van der Waals surface area contributed by atoms with Crippen LogP contribution in [0.2, 0.25) is 0 Å². The summed E-state index contributed by atoms with van der Waals surface area (Å²) in [6.45, 7) is 2.63. The van der Waals surface area contributed by atoms with Crippen molar-refractivity contribution in [3.8, 4) is 11.5 Å². The fourth-order valence-corrected chi connectivity index (χ4v) is 2.54. The number of ketones is 1. The van der Waals surface area contributed by atoms with Gasteiger partial charge in [-0.2, -0.15) is 0 Å². The molecule has 138 valence electrons. The average molecular weight is 357 g/mol. The minimum absolute atomic E-state index is 0.0388. The predicted molar refractivity (Wildman–Crippen MR) is 99.1 cm³/mol. The molecule has 0 bridgehead atoms. The van der Waals surface area contributed by atoms with Gasteiger partial charge in [0.15, 0.2) is 5.78 Å². The number of ether oxygens (including phenoxy) is 2. The second kappa shape index (κ2) is 9.56. The van der Waals surface area contributed by atoms with Gasteiger partial charge in [-0.15, -0.1) is 0 Å². The first-order chi connectivity index (χ1) is 12.5. The van der Waals surface area contributed by atoms with Crippen molar-refractivity contribution in [1.29, 1.82) is 0 Å². The van der Waals surface area contributed by atoms with Crippen LogP contribution in [-0.2, 0) is 6.42 Å². The number of hydrogen-bond donors (Lipinski definition) is 0. The van der Waals surface area contributed by atoms with Gasteiger partial charge in [0.1, 0.15) is 11.5 Å². The number of nitro groups is 1. The minimum atomic E-state index is -0.470. The average Bonchev–Trinajstić information content (AvgIpc) is 2.66. The van der Waals surface area contributed by atoms with Crippen molar-refractivity contribution in [2.75, 3.05) is 13.7 Å². The first kappa shape index (κ1) is 19.4. The van der Waals surface area contributed by atoms with E-state index in [1.54, 1.807) is 37.4 Å². The maximum atomic E-state index is 12.6. The topological polar surface area (TPSA) is 78.7 Å². The zero-order valence-corrected chi connectivity index (χ0v) is 15.1. The van der Waals surface area contributed by atoms with E-state index < -0.39 is 4.92 Å². The van der Waals surface area contributed by atoms with Crippen LogP contribution in [0.1, 0.15) is 42.1 Å². The molecule has 0 spiro atoms. The molecule has 0 heterocycles. The summed E-state index contributed by atoms with van der Waals surface area (Å²) in [6.07, 6.45) is 3.07. The third-order valence-corrected chi connectivity index (χ3v) is 4.02. The highest BCUT2D eigenvalue weighted by atomic mass is 16.6. The van der Waals surface area contributed by atoms with Crippen molar-refractivity contribution in [3.05, 3.63) is 63.7 Å². The number of hydrogen-bond acceptors (Lipinski definition) is 5. The van der Waals surface area contributed by atoms with Gasteiger partial charge < -0.3 is 9.47 Å². The molecule has 0 radical (unpaired) electrons. The Labute approximate surface area is 152 Å². The van der Waals surface area contributed by atoms with Crippen molar-refractivity contribution in [3.63, 3.8) is 0 Å². The molecule has 0 amide bonds. The minimum Gasteiger partial charge on any atom is -0.497 e. The van der Waals surface area contributed by atoms with Gasteiger partial charge in [-0.05, 0) is 36.8 Å². The largest absolute Gasteiger partial charge is 0.497 e. The monoisotopic (exact) mass is 357 g/mol. The van der Waals surface area contributed by atoms with Gasteiger partial charge in [-0.25, -0.2) is 0 Å². The van der Waals surface area contributed by atoms with Crippen LogP contribution in [0.25, 0.3) is 0 Å². The highest BCUT2D eigenvalue weighted by molar-refractivity contribution is 5.98. The van der Waals surface area contributed by atoms with Crippen molar-refractivity contribution < 1.29 is 19.2 Å². The van der Waals surface area contributed by atoms with Crippen LogP contribution in [0, 0.1) is 10.1 Å². The van der Waals surface area contributed by atoms with Gasteiger partial charge in [0.05, 0.1) is 18.6 Å². The smallest absolute Gasteiger partial charge is 0.269 e. The molecule has 0 saturated carbocycles. The molecule has 0 atom stereocenters. The van der Waals surface area contributed by atoms with Crippen LogP contribution in [-0.4, -0.2) is 24.4 Å². The summed E-state index contributed by atoms with van der Waals surface area (Å²) in [7, 11) is 1.56. The Kier molecular flexibility index (Phi) is 7.14. The Hall–Kier alpha value is -2.89. The molecule has 26 heavy (non-hydrogen) atoms. The van der Waals surface area contributed by atoms with Gasteiger partial charge in [-0.1, -0.05) is 19.8 Å². The summed E-state index contributed by atoms with van der Waals surface area (Å²) < 4.78 is 10.8. The summed E-state index contributed by atoms with van der Waals surface area (Å²) in [4.78, 5) is 23.1. The number of nitro benzene ring substituents is 1. The van der Waals surface area contributed by atoms with E-state index in [-0.39, 0.29) is 17.9 Å². The van der Waals surface area contributed by atoms with Crippen molar-refractivity contribution in [1.82, 2.24) is 0 Å². The third-order valence-electron chi connectivity index (χ3n) is 4.02. The molecule has 0 aromatic heterocycles. The summed E-state index contributed by atoms with van der Waals surface area (Å²) >= 11 is 0. The number of methoxy groups -OCH3 is 1. The van der Waals surface area contributed by atoms with E-state index in [0.717, 1.165) is 19.3 Å². The maximum Gasteiger partial charge on any atom is 0.269 e. The maximum absolute atomic E-state index is 12.6. The van der Waals surface area contributed by atoms with E-state index in [4.69, 9.17) is 9.47 Å². The number of non-ortho nitro benzene ring substituents is 1. The van der Waals surface area contributed by atoms with Crippen LogP contribution in [0.3, 0.4) is 0 Å². The highest BCUT2D eigenvalue weighted by Crippen LogP contribution is 2.26. The van der Waals surface area contributed by atoms with Crippen molar-refractivity contribution >= 4 is 11.5 Å². The summed E-state index contributed by atoms with van der Waals surface area (Å²) in [5, 5.41) is 11.1. The molecule has 0 aliphatic carbocycles. The number of carbonyl (C=O) groups excluding carboxylic acids is 1. The van der Waals surface area contributed by atoms with E-state index in [2.05, 4.69) is 6.92 Å². The number of nitrogens with zero attached hydrogens (tertiary/aromatic N) is 1. The van der Waals surface area contributed by atoms with Gasteiger partial charge in [0, 0.05) is 29.7 Å². The molecular weight excluding hydrogens is 334 g/mol. The molecule has 2 rings (SSSR count). The van der Waals surface area contributed by atoms with Gasteiger partial charge in [-0.3, -0.25) is 14.9 Å². The number of rotatable bonds is 10. The third kappa shape index (κ3) is 5.31. The highest BCUT2D eigenvalue weighted by Gasteiger charge is 2.16. The number of unbranched alkanes of at least 4 members (excludes halogenated alkanes) is 2. The molecule has 2 aromatic rings. The fraction of sp³-hybridized carbons (Fsp3) is 0.350. The van der Waals surface area contributed by atoms with Crippen molar-refractivity contribution in [2.45, 2.75) is 32.6 Å². The number of carbonyl (C=O) groups is 1. The molecule has 0 aliphatic rings. The molecule has 0 saturated heterocycles. The normalized spacial score (nSPS) is 10.4. The van der Waals surface area contributed by atoms with Gasteiger partial charge in [0.2, 0.25) is 0 Å². The molecule has 0 fully saturated rings. The second-order valence-corrected chi connectivity index (χ2v) is 5.93. The number of Topliss-reactive ketones (excluding diaryl/α,β-unsaturated/α-hetero) is 1. The lowest BCUT2D eigenvalue weighted by Gasteiger charge is -2.11. The standard InChI is InChI=1S/C20H23NO5/c1-3-4-5-12-26-20-11-8-17(21(23)24)13-16(20)14-19(22)15-6-9-18(25-2)10-7-15/h6-11,13H,3-5,12,14H2,1-2H3. The predicted octanol–water partition coefficient (Wildman–Crippen LogP) is 4.60. The quantitative estimate of drug-likeness (QED) is 0.269. The molecular formula is C20H23NO5. The zero-order valence-electron chi connectivity index (χ0n) is 15.1. The van der Waals surface area contributed by atoms with Crippen LogP contribution in [0.5, 0.6) is 11.5 Å². The van der Waals surface area contributed by atoms with Gasteiger partial charge in [0.25, 0.3) is 5.69 Å². The lowest BCUT2D eigenvalue weighted by Crippen LogP contribution is -2.07. The molecule has 0 aliphatic heterocycles. The fourth-order valence-electron chi connectivity index (χ4n) is 2.54. The van der Waals surface area contributed by atoms with Crippen molar-refractivity contribution in [2.24, 2.45) is 0 Å². The Balaban J connectivity index is 2.18. The van der Waals surface area contributed by atoms with E-state index >= 15 is 0 Å². The SMILES string of the molecule is CCCCCOc1ccc([N+](=O)[O-])cc1CC(=O)c1ccc(OC)cc1. The lowest BCUT2D eigenvalue weighted by molar-refractivity contribution is -0.384. The van der Waals surface area contributed by atoms with Crippen LogP contribution in [0.15, 0.2) is 42.5 Å².